The molecule has 0 radical (unpaired) electrons. The van der Waals surface area contributed by atoms with Crippen LogP contribution in [0.25, 0.3) is 0 Å². The Hall–Kier alpha value is -0.510. The molecule has 0 bridgehead atoms. The molecule has 1 saturated heterocycles. The van der Waals surface area contributed by atoms with E-state index in [0.29, 0.717) is 0 Å². The van der Waals surface area contributed by atoms with Gasteiger partial charge in [0.05, 0.1) is 0 Å². The van der Waals surface area contributed by atoms with Gasteiger partial charge >= 0.3 is 0 Å². The summed E-state index contributed by atoms with van der Waals surface area (Å²) in [7, 11) is 0. The van der Waals surface area contributed by atoms with Crippen LogP contribution < -0.4 is 4.72 Å². The predicted octanol–water partition coefficient (Wildman–Crippen LogP) is 2.98. The van der Waals surface area contributed by atoms with E-state index in [4.69, 9.17) is 4.74 Å². The smallest absolute Gasteiger partial charge is 0.0466 e. The lowest BCUT2D eigenvalue weighted by atomic mass is 10.2. The molecule has 2 heterocycles. The number of fused-ring (bicyclic) bond motifs is 1. The minimum absolute atomic E-state index is 1.00. The molecule has 1 N–H and O–H groups in total. The molecule has 0 atom stereocenters. The number of nitrogens with one attached hydrogen (secondary N) is 1. The Kier molecular flexibility index (Phi) is 4.51. The van der Waals surface area contributed by atoms with Crippen molar-refractivity contribution in [1.82, 2.24) is 4.72 Å². The second-order valence-electron chi connectivity index (χ2n) is 3.70. The summed E-state index contributed by atoms with van der Waals surface area (Å²) in [6, 6.07) is 8.44. The van der Waals surface area contributed by atoms with Crippen molar-refractivity contribution in [3.05, 3.63) is 29.8 Å². The molecule has 0 aromatic heterocycles. The fourth-order valence-electron chi connectivity index (χ4n) is 1.63. The first-order valence-corrected chi connectivity index (χ1v) is 6.34. The van der Waals surface area contributed by atoms with Gasteiger partial charge in [0, 0.05) is 24.7 Å². The van der Waals surface area contributed by atoms with Gasteiger partial charge in [0.15, 0.2) is 0 Å². The van der Waals surface area contributed by atoms with Gasteiger partial charge in [0.2, 0.25) is 0 Å². The standard InChI is InChI=1S/C7H7NS.C5H10O/c1-2-4-7-6(3-1)5-8-9-7;1-2-4-6-5-3-1/h1-4,8H,5H2;1-5H2. The average Bonchev–Trinajstić information content (AvgIpc) is 2.80. The summed E-state index contributed by atoms with van der Waals surface area (Å²) in [5.41, 5.74) is 1.42. The van der Waals surface area contributed by atoms with Crippen molar-refractivity contribution in [3.8, 4) is 0 Å². The molecule has 1 aromatic carbocycles. The lowest BCUT2D eigenvalue weighted by molar-refractivity contribution is 0.0968. The Labute approximate surface area is 95.5 Å². The Morgan fingerprint density at radius 1 is 1.07 bits per heavy atom. The maximum atomic E-state index is 5.07. The minimum Gasteiger partial charge on any atom is -0.381 e. The van der Waals surface area contributed by atoms with Crippen LogP contribution in [0.1, 0.15) is 24.8 Å². The van der Waals surface area contributed by atoms with Crippen LogP contribution in [0.2, 0.25) is 0 Å². The minimum atomic E-state index is 1.00. The molecule has 0 unspecified atom stereocenters. The normalized spacial score (nSPS) is 18.9. The van der Waals surface area contributed by atoms with Gasteiger partial charge in [-0.2, -0.15) is 0 Å². The van der Waals surface area contributed by atoms with E-state index in [-0.39, 0.29) is 0 Å². The lowest BCUT2D eigenvalue weighted by Crippen LogP contribution is -2.03. The Bertz CT molecular complexity index is 265. The van der Waals surface area contributed by atoms with Gasteiger partial charge in [0.25, 0.3) is 0 Å². The fraction of sp³-hybridized carbons (Fsp3) is 0.500. The van der Waals surface area contributed by atoms with Crippen LogP contribution in [0.4, 0.5) is 0 Å². The van der Waals surface area contributed by atoms with Crippen LogP contribution in [0, 0.1) is 0 Å². The van der Waals surface area contributed by atoms with Crippen molar-refractivity contribution in [3.63, 3.8) is 0 Å². The summed E-state index contributed by atoms with van der Waals surface area (Å²) < 4.78 is 8.27. The molecule has 3 rings (SSSR count). The van der Waals surface area contributed by atoms with Crippen molar-refractivity contribution in [1.29, 1.82) is 0 Å². The van der Waals surface area contributed by atoms with Crippen LogP contribution in [0.15, 0.2) is 29.2 Å². The van der Waals surface area contributed by atoms with E-state index in [1.54, 1.807) is 11.9 Å². The summed E-state index contributed by atoms with van der Waals surface area (Å²) in [4.78, 5) is 1.37. The van der Waals surface area contributed by atoms with Gasteiger partial charge in [-0.1, -0.05) is 18.2 Å². The maximum absolute atomic E-state index is 5.07. The van der Waals surface area contributed by atoms with E-state index in [2.05, 4.69) is 29.0 Å². The molecule has 3 heteroatoms. The van der Waals surface area contributed by atoms with Crippen LogP contribution in [0.5, 0.6) is 0 Å². The van der Waals surface area contributed by atoms with Gasteiger partial charge in [-0.25, -0.2) is 0 Å². The van der Waals surface area contributed by atoms with Crippen LogP contribution in [-0.2, 0) is 11.3 Å². The summed E-state index contributed by atoms with van der Waals surface area (Å²) in [6.45, 7) is 3.01. The van der Waals surface area contributed by atoms with Gasteiger partial charge in [-0.3, -0.25) is 4.72 Å². The first kappa shape index (κ1) is 11.0. The van der Waals surface area contributed by atoms with Crippen molar-refractivity contribution in [2.45, 2.75) is 30.7 Å². The maximum Gasteiger partial charge on any atom is 0.0466 e. The van der Waals surface area contributed by atoms with Gasteiger partial charge in [0.1, 0.15) is 0 Å². The highest BCUT2D eigenvalue weighted by molar-refractivity contribution is 7.97. The van der Waals surface area contributed by atoms with E-state index in [9.17, 15) is 0 Å². The molecular weight excluding hydrogens is 206 g/mol. The predicted molar refractivity (Wildman–Crippen MR) is 63.8 cm³/mol. The van der Waals surface area contributed by atoms with E-state index >= 15 is 0 Å². The summed E-state index contributed by atoms with van der Waals surface area (Å²) >= 11 is 1.72. The van der Waals surface area contributed by atoms with Crippen LogP contribution in [-0.4, -0.2) is 13.2 Å². The quantitative estimate of drug-likeness (QED) is 0.683. The number of hydrogen-bond donors (Lipinski definition) is 1. The van der Waals surface area contributed by atoms with Crippen LogP contribution in [0.3, 0.4) is 0 Å². The molecule has 2 nitrogen and oxygen atoms in total. The second-order valence-corrected chi connectivity index (χ2v) is 4.64. The van der Waals surface area contributed by atoms with Gasteiger partial charge in [-0.05, 0) is 42.8 Å². The zero-order valence-electron chi connectivity index (χ0n) is 8.87. The third-order valence-corrected chi connectivity index (χ3v) is 3.40. The largest absolute Gasteiger partial charge is 0.381 e. The fourth-order valence-corrected chi connectivity index (χ4v) is 2.43. The van der Waals surface area contributed by atoms with Gasteiger partial charge < -0.3 is 4.74 Å². The molecule has 0 aliphatic carbocycles. The third-order valence-electron chi connectivity index (χ3n) is 2.49. The highest BCUT2D eigenvalue weighted by Gasteiger charge is 2.07. The Morgan fingerprint density at radius 2 is 1.87 bits per heavy atom. The zero-order valence-corrected chi connectivity index (χ0v) is 9.69. The van der Waals surface area contributed by atoms with Crippen molar-refractivity contribution in [2.75, 3.05) is 13.2 Å². The summed E-state index contributed by atoms with van der Waals surface area (Å²) in [6.07, 6.45) is 3.93. The second kappa shape index (κ2) is 6.16. The summed E-state index contributed by atoms with van der Waals surface area (Å²) in [5, 5.41) is 0. The molecule has 1 aromatic rings. The van der Waals surface area contributed by atoms with Crippen LogP contribution >= 0.6 is 11.9 Å². The monoisotopic (exact) mass is 223 g/mol. The molecule has 82 valence electrons. The number of ether oxygens (including phenoxy) is 1. The molecule has 0 saturated carbocycles. The average molecular weight is 223 g/mol. The number of hydrogen-bond acceptors (Lipinski definition) is 3. The first-order chi connectivity index (χ1) is 7.47. The number of benzene rings is 1. The zero-order chi connectivity index (χ0) is 10.3. The lowest BCUT2D eigenvalue weighted by Gasteiger charge is -2.08. The van der Waals surface area contributed by atoms with Crippen molar-refractivity contribution >= 4 is 11.9 Å². The van der Waals surface area contributed by atoms with E-state index in [1.807, 2.05) is 0 Å². The van der Waals surface area contributed by atoms with E-state index < -0.39 is 0 Å². The first-order valence-electron chi connectivity index (χ1n) is 5.52. The van der Waals surface area contributed by atoms with E-state index in [0.717, 1.165) is 19.8 Å². The van der Waals surface area contributed by atoms with Crippen molar-refractivity contribution in [2.24, 2.45) is 0 Å². The van der Waals surface area contributed by atoms with Crippen molar-refractivity contribution < 1.29 is 4.74 Å². The topological polar surface area (TPSA) is 21.3 Å². The molecule has 2 aliphatic rings. The molecule has 2 aliphatic heterocycles. The molecule has 1 fully saturated rings. The molecule has 15 heavy (non-hydrogen) atoms. The Morgan fingerprint density at radius 3 is 2.47 bits per heavy atom. The Balaban J connectivity index is 0.000000124. The number of rotatable bonds is 0. The van der Waals surface area contributed by atoms with E-state index in [1.165, 1.54) is 29.7 Å². The highest BCUT2D eigenvalue weighted by atomic mass is 32.2. The molecule has 0 amide bonds. The SMILES string of the molecule is C1CCOCC1.c1ccc2c(c1)CNS2. The highest BCUT2D eigenvalue weighted by Crippen LogP contribution is 2.25. The van der Waals surface area contributed by atoms with Gasteiger partial charge in [-0.15, -0.1) is 0 Å². The molecule has 0 spiro atoms. The summed E-state index contributed by atoms with van der Waals surface area (Å²) in [5.74, 6) is 0. The third kappa shape index (κ3) is 3.52. The molecular formula is C12H17NOS.